The van der Waals surface area contributed by atoms with Crippen LogP contribution in [0.25, 0.3) is 0 Å². The molecule has 3 N–H and O–H groups in total. The number of rotatable bonds is 19. The summed E-state index contributed by atoms with van der Waals surface area (Å²) < 4.78 is 30.7. The Hall–Kier alpha value is -0.170. The third-order valence-electron chi connectivity index (χ3n) is 4.94. The molecular formula is C23H51NO4S. The molecule has 0 radical (unpaired) electrons. The molecule has 0 saturated carbocycles. The molecule has 0 amide bonds. The molecule has 5 nitrogen and oxygen atoms in total. The monoisotopic (exact) mass is 437 g/mol. The van der Waals surface area contributed by atoms with Crippen LogP contribution in [0.2, 0.25) is 0 Å². The van der Waals surface area contributed by atoms with Crippen LogP contribution in [0.3, 0.4) is 0 Å². The molecule has 0 atom stereocenters. The predicted octanol–water partition coefficient (Wildman–Crippen LogP) is 7.20. The van der Waals surface area contributed by atoms with E-state index in [1.165, 1.54) is 116 Å². The highest BCUT2D eigenvalue weighted by Gasteiger charge is 2.08. The number of nitrogens with two attached hydrogens (primary N) is 1. The first-order valence-corrected chi connectivity index (χ1v) is 13.4. The van der Waals surface area contributed by atoms with Crippen molar-refractivity contribution in [3.05, 3.63) is 0 Å². The Labute approximate surface area is 182 Å². The minimum atomic E-state index is -4.17. The van der Waals surface area contributed by atoms with Crippen LogP contribution in [-0.4, -0.2) is 25.1 Å². The van der Waals surface area contributed by atoms with E-state index in [-0.39, 0.29) is 12.1 Å². The molecule has 0 heterocycles. The van der Waals surface area contributed by atoms with Gasteiger partial charge in [0.05, 0.1) is 6.61 Å². The second kappa shape index (κ2) is 21.1. The maximum Gasteiger partial charge on any atom is 0.397 e. The van der Waals surface area contributed by atoms with Gasteiger partial charge >= 0.3 is 10.4 Å². The van der Waals surface area contributed by atoms with E-state index in [2.05, 4.69) is 25.0 Å². The van der Waals surface area contributed by atoms with Crippen molar-refractivity contribution in [2.24, 2.45) is 5.73 Å². The van der Waals surface area contributed by atoms with Crippen molar-refractivity contribution in [3.63, 3.8) is 0 Å². The number of hydrogen-bond donors (Lipinski definition) is 2. The normalized spacial score (nSPS) is 11.9. The van der Waals surface area contributed by atoms with Crippen molar-refractivity contribution in [1.82, 2.24) is 0 Å². The predicted molar refractivity (Wildman–Crippen MR) is 126 cm³/mol. The lowest BCUT2D eigenvalue weighted by atomic mass is 9.97. The third kappa shape index (κ3) is 35.6. The molecule has 0 fully saturated rings. The van der Waals surface area contributed by atoms with Gasteiger partial charge in [-0.2, -0.15) is 8.42 Å². The Kier molecular flexibility index (Phi) is 22.5. The summed E-state index contributed by atoms with van der Waals surface area (Å²) in [5, 5.41) is 0. The summed E-state index contributed by atoms with van der Waals surface area (Å²) in [5.41, 5.74) is 6.03. The summed E-state index contributed by atoms with van der Waals surface area (Å²) in [5.74, 6) is 0. The Morgan fingerprint density at radius 3 is 1.21 bits per heavy atom. The van der Waals surface area contributed by atoms with Gasteiger partial charge in [0, 0.05) is 5.54 Å². The second-order valence-electron chi connectivity index (χ2n) is 8.88. The SMILES string of the molecule is CCCCCCCCCCCCCCCCCCC(C)(C)N.CCOS(=O)(=O)O. The fourth-order valence-electron chi connectivity index (χ4n) is 3.28. The van der Waals surface area contributed by atoms with Gasteiger partial charge in [-0.15, -0.1) is 0 Å². The third-order valence-corrected chi connectivity index (χ3v) is 5.48. The minimum absolute atomic E-state index is 0.0289. The van der Waals surface area contributed by atoms with E-state index < -0.39 is 10.4 Å². The zero-order valence-electron chi connectivity index (χ0n) is 19.9. The number of hydrogen-bond acceptors (Lipinski definition) is 4. The summed E-state index contributed by atoms with van der Waals surface area (Å²) in [6, 6.07) is 0. The highest BCUT2D eigenvalue weighted by molar-refractivity contribution is 7.80. The van der Waals surface area contributed by atoms with Gasteiger partial charge in [0.25, 0.3) is 0 Å². The summed E-state index contributed by atoms with van der Waals surface area (Å²) in [4.78, 5) is 0. The highest BCUT2D eigenvalue weighted by atomic mass is 32.3. The lowest BCUT2D eigenvalue weighted by Crippen LogP contribution is -2.31. The smallest absolute Gasteiger partial charge is 0.326 e. The molecule has 0 aliphatic heterocycles. The maximum atomic E-state index is 9.56. The molecule has 0 aliphatic rings. The van der Waals surface area contributed by atoms with E-state index in [9.17, 15) is 8.42 Å². The van der Waals surface area contributed by atoms with Gasteiger partial charge in [-0.3, -0.25) is 4.55 Å². The lowest BCUT2D eigenvalue weighted by Gasteiger charge is -2.17. The van der Waals surface area contributed by atoms with Gasteiger partial charge in [-0.25, -0.2) is 4.18 Å². The van der Waals surface area contributed by atoms with Crippen molar-refractivity contribution in [3.8, 4) is 0 Å². The van der Waals surface area contributed by atoms with Crippen LogP contribution < -0.4 is 5.73 Å². The van der Waals surface area contributed by atoms with Crippen LogP contribution >= 0.6 is 0 Å². The molecule has 0 rings (SSSR count). The summed E-state index contributed by atoms with van der Waals surface area (Å²) in [6.45, 7) is 8.00. The number of unbranched alkanes of at least 4 members (excludes halogenated alkanes) is 15. The first kappa shape index (κ1) is 31.0. The van der Waals surface area contributed by atoms with Crippen LogP contribution in [0, 0.1) is 0 Å². The molecular weight excluding hydrogens is 386 g/mol. The molecule has 0 aromatic rings. The Morgan fingerprint density at radius 2 is 1.00 bits per heavy atom. The van der Waals surface area contributed by atoms with Gasteiger partial charge in [-0.05, 0) is 27.2 Å². The largest absolute Gasteiger partial charge is 0.397 e. The first-order chi connectivity index (χ1) is 13.6. The summed E-state index contributed by atoms with van der Waals surface area (Å²) in [7, 11) is -4.17. The quantitative estimate of drug-likeness (QED) is 0.165. The zero-order valence-corrected chi connectivity index (χ0v) is 20.7. The highest BCUT2D eigenvalue weighted by Crippen LogP contribution is 2.15. The van der Waals surface area contributed by atoms with Crippen LogP contribution in [-0.2, 0) is 14.6 Å². The Morgan fingerprint density at radius 1 is 0.690 bits per heavy atom. The van der Waals surface area contributed by atoms with Crippen molar-refractivity contribution in [2.45, 2.75) is 142 Å². The molecule has 178 valence electrons. The maximum absolute atomic E-state index is 9.56. The van der Waals surface area contributed by atoms with Crippen LogP contribution in [0.1, 0.15) is 137 Å². The molecule has 29 heavy (non-hydrogen) atoms. The molecule has 0 bridgehead atoms. The molecule has 0 spiro atoms. The second-order valence-corrected chi connectivity index (χ2v) is 9.97. The fraction of sp³-hybridized carbons (Fsp3) is 1.00. The van der Waals surface area contributed by atoms with Gasteiger partial charge in [0.2, 0.25) is 0 Å². The van der Waals surface area contributed by atoms with E-state index in [1.54, 1.807) is 0 Å². The standard InChI is InChI=1S/C21H45N.C2H6O4S/c1-4-5-6-7-8-9-10-11-12-13-14-15-16-17-18-19-20-21(2,3)22;1-2-6-7(3,4)5/h4-20,22H2,1-3H3;2H2,1H3,(H,3,4,5). The topological polar surface area (TPSA) is 89.6 Å². The zero-order chi connectivity index (χ0) is 22.4. The molecule has 0 aromatic heterocycles. The molecule has 6 heteroatoms. The van der Waals surface area contributed by atoms with Gasteiger partial charge in [0.15, 0.2) is 0 Å². The Balaban J connectivity index is 0. The fourth-order valence-corrected chi connectivity index (χ4v) is 3.58. The average Bonchev–Trinajstić information content (AvgIpc) is 2.60. The van der Waals surface area contributed by atoms with Crippen molar-refractivity contribution < 1.29 is 17.2 Å². The van der Waals surface area contributed by atoms with Crippen molar-refractivity contribution >= 4 is 10.4 Å². The van der Waals surface area contributed by atoms with E-state index in [0.717, 1.165) is 0 Å². The molecule has 0 saturated heterocycles. The van der Waals surface area contributed by atoms with Crippen LogP contribution in [0.5, 0.6) is 0 Å². The van der Waals surface area contributed by atoms with Gasteiger partial charge < -0.3 is 5.73 Å². The summed E-state index contributed by atoms with van der Waals surface area (Å²) >= 11 is 0. The van der Waals surface area contributed by atoms with Gasteiger partial charge in [0.1, 0.15) is 0 Å². The van der Waals surface area contributed by atoms with Crippen molar-refractivity contribution in [1.29, 1.82) is 0 Å². The van der Waals surface area contributed by atoms with Crippen LogP contribution in [0.15, 0.2) is 0 Å². The van der Waals surface area contributed by atoms with Gasteiger partial charge in [-0.1, -0.05) is 110 Å². The lowest BCUT2D eigenvalue weighted by molar-refractivity contribution is 0.283. The molecule has 0 aliphatic carbocycles. The van der Waals surface area contributed by atoms with E-state index in [4.69, 9.17) is 10.3 Å². The molecule has 0 aromatic carbocycles. The van der Waals surface area contributed by atoms with E-state index in [0.29, 0.717) is 0 Å². The van der Waals surface area contributed by atoms with Crippen LogP contribution in [0.4, 0.5) is 0 Å². The first-order valence-electron chi connectivity index (χ1n) is 12.0. The minimum Gasteiger partial charge on any atom is -0.326 e. The van der Waals surface area contributed by atoms with E-state index in [1.807, 2.05) is 0 Å². The molecule has 0 unspecified atom stereocenters. The van der Waals surface area contributed by atoms with Crippen molar-refractivity contribution in [2.75, 3.05) is 6.61 Å². The summed E-state index contributed by atoms with van der Waals surface area (Å²) in [6.07, 6.45) is 24.1. The Bertz CT molecular complexity index is 419. The average molecular weight is 438 g/mol. The van der Waals surface area contributed by atoms with E-state index >= 15 is 0 Å².